The molecule has 0 bridgehead atoms. The Kier molecular flexibility index (Phi) is 6.53. The minimum Gasteiger partial charge on any atom is -0.493 e. The van der Waals surface area contributed by atoms with Crippen LogP contribution in [-0.2, 0) is 21.4 Å². The van der Waals surface area contributed by atoms with Gasteiger partial charge < -0.3 is 14.8 Å². The first-order valence-corrected chi connectivity index (χ1v) is 9.27. The molecule has 26 heavy (non-hydrogen) atoms. The molecular formula is C17H21N3O5S. The lowest BCUT2D eigenvalue weighted by atomic mass is 10.3. The van der Waals surface area contributed by atoms with Gasteiger partial charge >= 0.3 is 0 Å². The molecule has 0 aliphatic carbocycles. The summed E-state index contributed by atoms with van der Waals surface area (Å²) in [6.45, 7) is 1.67. The van der Waals surface area contributed by atoms with Crippen molar-refractivity contribution in [2.24, 2.45) is 0 Å². The predicted molar refractivity (Wildman–Crippen MR) is 95.4 cm³/mol. The van der Waals surface area contributed by atoms with E-state index in [-0.39, 0.29) is 17.2 Å². The first kappa shape index (κ1) is 19.7. The molecule has 0 saturated heterocycles. The fourth-order valence-electron chi connectivity index (χ4n) is 2.17. The van der Waals surface area contributed by atoms with E-state index < -0.39 is 22.0 Å². The molecule has 1 heterocycles. The number of carbonyl (C=O) groups is 1. The number of carbonyl (C=O) groups excluding carboxylic acids is 1. The summed E-state index contributed by atoms with van der Waals surface area (Å²) in [5.74, 6) is 0.231. The van der Waals surface area contributed by atoms with E-state index in [4.69, 9.17) is 9.47 Å². The number of benzene rings is 1. The van der Waals surface area contributed by atoms with E-state index in [1.54, 1.807) is 24.4 Å². The van der Waals surface area contributed by atoms with Gasteiger partial charge in [0, 0.05) is 12.3 Å². The Labute approximate surface area is 152 Å². The molecule has 2 N–H and O–H groups in total. The number of methoxy groups -OCH3 is 2. The van der Waals surface area contributed by atoms with E-state index in [9.17, 15) is 13.2 Å². The molecule has 9 heteroatoms. The minimum atomic E-state index is -3.91. The molecule has 1 amide bonds. The van der Waals surface area contributed by atoms with Crippen molar-refractivity contribution in [2.45, 2.75) is 24.4 Å². The highest BCUT2D eigenvalue weighted by molar-refractivity contribution is 7.89. The van der Waals surface area contributed by atoms with Gasteiger partial charge in [-0.05, 0) is 31.2 Å². The van der Waals surface area contributed by atoms with E-state index in [1.165, 1.54) is 39.3 Å². The second kappa shape index (κ2) is 8.63. The average molecular weight is 379 g/mol. The quantitative estimate of drug-likeness (QED) is 0.711. The summed E-state index contributed by atoms with van der Waals surface area (Å²) in [4.78, 5) is 16.2. The number of hydrogen-bond donors (Lipinski definition) is 2. The number of ether oxygens (including phenoxy) is 2. The van der Waals surface area contributed by atoms with E-state index in [2.05, 4.69) is 15.0 Å². The number of nitrogens with one attached hydrogen (secondary N) is 2. The number of aromatic nitrogens is 1. The maximum absolute atomic E-state index is 12.5. The molecule has 0 spiro atoms. The van der Waals surface area contributed by atoms with Crippen LogP contribution in [0.25, 0.3) is 0 Å². The van der Waals surface area contributed by atoms with Crippen LogP contribution in [0.1, 0.15) is 12.6 Å². The molecule has 0 fully saturated rings. The fraction of sp³-hybridized carbons (Fsp3) is 0.294. The van der Waals surface area contributed by atoms with Gasteiger partial charge in [0.05, 0.1) is 37.4 Å². The molecule has 8 nitrogen and oxygen atoms in total. The summed E-state index contributed by atoms with van der Waals surface area (Å²) in [5, 5.41) is 2.64. The van der Waals surface area contributed by atoms with Gasteiger partial charge in [0.1, 0.15) is 0 Å². The van der Waals surface area contributed by atoms with Gasteiger partial charge in [-0.1, -0.05) is 6.07 Å². The van der Waals surface area contributed by atoms with Gasteiger partial charge in [-0.15, -0.1) is 0 Å². The standard InChI is InChI=1S/C17H21N3O5S/c1-12(17(21)19-11-13-6-4-5-9-18-13)20-26(22,23)14-7-8-15(24-2)16(10-14)25-3/h4-10,12,20H,11H2,1-3H3,(H,19,21). The van der Waals surface area contributed by atoms with Crippen molar-refractivity contribution in [2.75, 3.05) is 14.2 Å². The highest BCUT2D eigenvalue weighted by atomic mass is 32.2. The Hall–Kier alpha value is -2.65. The molecule has 0 saturated carbocycles. The van der Waals surface area contributed by atoms with E-state index in [1.807, 2.05) is 0 Å². The normalized spacial score (nSPS) is 12.3. The maximum atomic E-state index is 12.5. The zero-order valence-electron chi connectivity index (χ0n) is 14.7. The second-order valence-corrected chi connectivity index (χ2v) is 7.11. The summed E-state index contributed by atoms with van der Waals surface area (Å²) in [6, 6.07) is 8.57. The van der Waals surface area contributed by atoms with Crippen molar-refractivity contribution in [1.82, 2.24) is 15.0 Å². The van der Waals surface area contributed by atoms with Crippen molar-refractivity contribution in [3.05, 3.63) is 48.3 Å². The smallest absolute Gasteiger partial charge is 0.241 e. The summed E-state index contributed by atoms with van der Waals surface area (Å²) in [7, 11) is -1.04. The first-order valence-electron chi connectivity index (χ1n) is 7.79. The maximum Gasteiger partial charge on any atom is 0.241 e. The lowest BCUT2D eigenvalue weighted by molar-refractivity contribution is -0.122. The van der Waals surface area contributed by atoms with Crippen LogP contribution in [-0.4, -0.2) is 39.6 Å². The van der Waals surface area contributed by atoms with Crippen molar-refractivity contribution < 1.29 is 22.7 Å². The summed E-state index contributed by atoms with van der Waals surface area (Å²) in [6.07, 6.45) is 1.62. The molecule has 0 aliphatic rings. The van der Waals surface area contributed by atoms with E-state index in [0.717, 1.165) is 0 Å². The van der Waals surface area contributed by atoms with Gasteiger partial charge in [0.25, 0.3) is 0 Å². The van der Waals surface area contributed by atoms with Crippen LogP contribution in [0, 0.1) is 0 Å². The summed E-state index contributed by atoms with van der Waals surface area (Å²) in [5.41, 5.74) is 0.677. The Bertz CT molecular complexity index is 856. The number of rotatable bonds is 8. The third-order valence-electron chi connectivity index (χ3n) is 3.56. The molecule has 140 valence electrons. The molecule has 0 radical (unpaired) electrons. The third kappa shape index (κ3) is 4.93. The highest BCUT2D eigenvalue weighted by Gasteiger charge is 2.23. The predicted octanol–water partition coefficient (Wildman–Crippen LogP) is 1.08. The van der Waals surface area contributed by atoms with Crippen LogP contribution in [0.3, 0.4) is 0 Å². The zero-order chi connectivity index (χ0) is 19.2. The van der Waals surface area contributed by atoms with Crippen molar-refractivity contribution in [3.8, 4) is 11.5 Å². The van der Waals surface area contributed by atoms with Crippen LogP contribution >= 0.6 is 0 Å². The van der Waals surface area contributed by atoms with Crippen LogP contribution in [0.4, 0.5) is 0 Å². The molecule has 1 aromatic carbocycles. The Morgan fingerprint density at radius 3 is 2.50 bits per heavy atom. The molecule has 0 aliphatic heterocycles. The number of nitrogens with zero attached hydrogens (tertiary/aromatic N) is 1. The summed E-state index contributed by atoms with van der Waals surface area (Å²) >= 11 is 0. The second-order valence-electron chi connectivity index (χ2n) is 5.40. The van der Waals surface area contributed by atoms with Crippen LogP contribution in [0.15, 0.2) is 47.5 Å². The minimum absolute atomic E-state index is 0.0282. The SMILES string of the molecule is COc1ccc(S(=O)(=O)NC(C)C(=O)NCc2ccccn2)cc1OC. The fourth-order valence-corrected chi connectivity index (χ4v) is 3.39. The largest absolute Gasteiger partial charge is 0.493 e. The first-order chi connectivity index (χ1) is 12.4. The van der Waals surface area contributed by atoms with Crippen LogP contribution < -0.4 is 19.5 Å². The van der Waals surface area contributed by atoms with Gasteiger partial charge in [-0.25, -0.2) is 8.42 Å². The number of sulfonamides is 1. The van der Waals surface area contributed by atoms with Gasteiger partial charge in [0.15, 0.2) is 11.5 Å². The van der Waals surface area contributed by atoms with Crippen molar-refractivity contribution >= 4 is 15.9 Å². The highest BCUT2D eigenvalue weighted by Crippen LogP contribution is 2.29. The number of amides is 1. The van der Waals surface area contributed by atoms with Crippen molar-refractivity contribution in [1.29, 1.82) is 0 Å². The van der Waals surface area contributed by atoms with Gasteiger partial charge in [-0.3, -0.25) is 9.78 Å². The average Bonchev–Trinajstić information content (AvgIpc) is 2.65. The Morgan fingerprint density at radius 2 is 1.88 bits per heavy atom. The lowest BCUT2D eigenvalue weighted by Gasteiger charge is -2.15. The van der Waals surface area contributed by atoms with Gasteiger partial charge in [0.2, 0.25) is 15.9 Å². The topological polar surface area (TPSA) is 107 Å². The van der Waals surface area contributed by atoms with Crippen LogP contribution in [0.2, 0.25) is 0 Å². The summed E-state index contributed by atoms with van der Waals surface area (Å²) < 4.78 is 37.5. The Morgan fingerprint density at radius 1 is 1.15 bits per heavy atom. The van der Waals surface area contributed by atoms with Gasteiger partial charge in [-0.2, -0.15) is 4.72 Å². The Balaban J connectivity index is 2.04. The monoisotopic (exact) mass is 379 g/mol. The van der Waals surface area contributed by atoms with E-state index in [0.29, 0.717) is 11.4 Å². The lowest BCUT2D eigenvalue weighted by Crippen LogP contribution is -2.44. The molecule has 1 unspecified atom stereocenters. The van der Waals surface area contributed by atoms with Crippen molar-refractivity contribution in [3.63, 3.8) is 0 Å². The third-order valence-corrected chi connectivity index (χ3v) is 5.10. The number of hydrogen-bond acceptors (Lipinski definition) is 6. The number of pyridine rings is 1. The zero-order valence-corrected chi connectivity index (χ0v) is 15.5. The van der Waals surface area contributed by atoms with E-state index >= 15 is 0 Å². The van der Waals surface area contributed by atoms with Crippen LogP contribution in [0.5, 0.6) is 11.5 Å². The molecule has 1 aromatic heterocycles. The molecule has 2 rings (SSSR count). The molecule has 2 aromatic rings. The molecule has 1 atom stereocenters. The molecular weight excluding hydrogens is 358 g/mol.